The van der Waals surface area contributed by atoms with Crippen LogP contribution in [0.5, 0.6) is 0 Å². The van der Waals surface area contributed by atoms with Crippen LogP contribution in [0.15, 0.2) is 10.2 Å². The summed E-state index contributed by atoms with van der Waals surface area (Å²) in [5, 5.41) is 14.4. The lowest BCUT2D eigenvalue weighted by atomic mass is 9.82. The summed E-state index contributed by atoms with van der Waals surface area (Å²) in [5.74, 6) is -0.0214. The summed E-state index contributed by atoms with van der Waals surface area (Å²) in [4.78, 5) is 23.7. The number of amides is 1. The first-order valence-electron chi connectivity index (χ1n) is 7.63. The minimum absolute atomic E-state index is 0.0157. The highest BCUT2D eigenvalue weighted by Gasteiger charge is 2.32. The van der Waals surface area contributed by atoms with Crippen molar-refractivity contribution in [2.24, 2.45) is 0 Å². The summed E-state index contributed by atoms with van der Waals surface area (Å²) in [6, 6.07) is 0. The summed E-state index contributed by atoms with van der Waals surface area (Å²) in [7, 11) is 0. The Morgan fingerprint density at radius 2 is 2.14 bits per heavy atom. The molecule has 0 atom stereocenters. The molecule has 2 N–H and O–H groups in total. The zero-order valence-electron chi connectivity index (χ0n) is 12.6. The number of aryl methyl sites for hydroxylation is 1. The van der Waals surface area contributed by atoms with Crippen molar-refractivity contribution in [3.8, 4) is 0 Å². The molecule has 1 aromatic heterocycles. The second-order valence-corrected chi connectivity index (χ2v) is 6.77. The highest BCUT2D eigenvalue weighted by Crippen LogP contribution is 2.27. The van der Waals surface area contributed by atoms with Gasteiger partial charge in [0.1, 0.15) is 0 Å². The van der Waals surface area contributed by atoms with Crippen LogP contribution < -0.4 is 10.2 Å². The highest BCUT2D eigenvalue weighted by atomic mass is 32.1. The molecule has 0 aromatic carbocycles. The van der Waals surface area contributed by atoms with Crippen molar-refractivity contribution in [1.29, 1.82) is 0 Å². The number of nitrogens with zero attached hydrogens (tertiary/aromatic N) is 1. The molecule has 1 aromatic rings. The van der Waals surface area contributed by atoms with Gasteiger partial charge in [0.25, 0.3) is 0 Å². The average molecular weight is 312 g/mol. The van der Waals surface area contributed by atoms with Gasteiger partial charge in [-0.15, -0.1) is 0 Å². The van der Waals surface area contributed by atoms with Crippen molar-refractivity contribution in [3.63, 3.8) is 0 Å². The Kier molecular flexibility index (Phi) is 5.58. The van der Waals surface area contributed by atoms with Crippen LogP contribution in [0, 0.1) is 6.92 Å². The molecule has 0 unspecified atom stereocenters. The molecule has 6 heteroatoms. The summed E-state index contributed by atoms with van der Waals surface area (Å²) in [6.07, 6.45) is 6.05. The smallest absolute Gasteiger partial charge is 0.307 e. The second-order valence-electron chi connectivity index (χ2n) is 5.95. The van der Waals surface area contributed by atoms with E-state index in [0.717, 1.165) is 31.4 Å². The van der Waals surface area contributed by atoms with E-state index in [1.807, 2.05) is 12.3 Å². The van der Waals surface area contributed by atoms with E-state index in [2.05, 4.69) is 5.32 Å². The van der Waals surface area contributed by atoms with Crippen molar-refractivity contribution in [1.82, 2.24) is 9.88 Å². The van der Waals surface area contributed by atoms with Crippen LogP contribution in [0.2, 0.25) is 0 Å². The first-order valence-corrected chi connectivity index (χ1v) is 8.51. The molecule has 118 valence electrons. The van der Waals surface area contributed by atoms with Crippen LogP contribution in [0.25, 0.3) is 0 Å². The first-order chi connectivity index (χ1) is 10.1. The van der Waals surface area contributed by atoms with Gasteiger partial charge in [-0.2, -0.15) is 0 Å². The molecule has 21 heavy (non-hydrogen) atoms. The van der Waals surface area contributed by atoms with E-state index in [0.29, 0.717) is 19.4 Å². The fraction of sp³-hybridized carbons (Fsp3) is 0.733. The number of nitrogens with one attached hydrogen (secondary N) is 1. The number of aromatic nitrogens is 1. The Morgan fingerprint density at radius 3 is 2.71 bits per heavy atom. The number of hydrogen-bond acceptors (Lipinski definition) is 4. The zero-order chi connectivity index (χ0) is 15.3. The van der Waals surface area contributed by atoms with Crippen LogP contribution in [0.1, 0.15) is 50.6 Å². The summed E-state index contributed by atoms with van der Waals surface area (Å²) < 4.78 is 1.71. The monoisotopic (exact) mass is 312 g/mol. The summed E-state index contributed by atoms with van der Waals surface area (Å²) in [6.45, 7) is 2.50. The van der Waals surface area contributed by atoms with Gasteiger partial charge in [0, 0.05) is 24.0 Å². The predicted molar refractivity (Wildman–Crippen MR) is 83.6 cm³/mol. The van der Waals surface area contributed by atoms with Crippen LogP contribution in [-0.2, 0) is 11.3 Å². The van der Waals surface area contributed by atoms with E-state index in [4.69, 9.17) is 0 Å². The molecule has 0 bridgehead atoms. The minimum Gasteiger partial charge on any atom is -0.394 e. The van der Waals surface area contributed by atoms with Crippen molar-refractivity contribution in [2.75, 3.05) is 6.61 Å². The number of hydrogen-bond donors (Lipinski definition) is 2. The SMILES string of the molecule is Cc1csc(=O)n1CCCC(=O)NC1(CO)CCCCC1. The van der Waals surface area contributed by atoms with E-state index < -0.39 is 5.54 Å². The van der Waals surface area contributed by atoms with Gasteiger partial charge in [-0.1, -0.05) is 30.6 Å². The maximum atomic E-state index is 12.1. The minimum atomic E-state index is -0.412. The summed E-state index contributed by atoms with van der Waals surface area (Å²) in [5.41, 5.74) is 0.536. The summed E-state index contributed by atoms with van der Waals surface area (Å²) >= 11 is 1.20. The number of aliphatic hydroxyl groups is 1. The molecule has 1 aliphatic carbocycles. The van der Waals surface area contributed by atoms with Gasteiger partial charge in [-0.3, -0.25) is 9.59 Å². The largest absolute Gasteiger partial charge is 0.394 e. The maximum Gasteiger partial charge on any atom is 0.307 e. The Hall–Kier alpha value is -1.14. The van der Waals surface area contributed by atoms with Crippen molar-refractivity contribution in [2.45, 2.75) is 64.0 Å². The van der Waals surface area contributed by atoms with Crippen LogP contribution >= 0.6 is 11.3 Å². The standard InChI is InChI=1S/C15H24N2O3S/c1-12-10-21-14(20)17(12)9-5-6-13(19)16-15(11-18)7-3-2-4-8-15/h10,18H,2-9,11H2,1H3,(H,16,19). The van der Waals surface area contributed by atoms with Gasteiger partial charge in [0.15, 0.2) is 0 Å². The molecule has 0 spiro atoms. The molecular formula is C15H24N2O3S. The molecule has 5 nitrogen and oxygen atoms in total. The van der Waals surface area contributed by atoms with Gasteiger partial charge in [-0.05, 0) is 26.2 Å². The van der Waals surface area contributed by atoms with Crippen molar-refractivity contribution in [3.05, 3.63) is 20.7 Å². The molecule has 0 saturated heterocycles. The van der Waals surface area contributed by atoms with Gasteiger partial charge >= 0.3 is 4.87 Å². The zero-order valence-corrected chi connectivity index (χ0v) is 13.4. The quantitative estimate of drug-likeness (QED) is 0.841. The number of carbonyl (C=O) groups is 1. The third-order valence-electron chi connectivity index (χ3n) is 4.28. The highest BCUT2D eigenvalue weighted by molar-refractivity contribution is 7.07. The Balaban J connectivity index is 1.80. The molecule has 1 saturated carbocycles. The number of rotatable bonds is 6. The van der Waals surface area contributed by atoms with Crippen LogP contribution in [0.4, 0.5) is 0 Å². The van der Waals surface area contributed by atoms with Crippen LogP contribution in [0.3, 0.4) is 0 Å². The molecular weight excluding hydrogens is 288 g/mol. The van der Waals surface area contributed by atoms with Crippen LogP contribution in [-0.4, -0.2) is 27.7 Å². The average Bonchev–Trinajstić information content (AvgIpc) is 2.80. The number of aliphatic hydroxyl groups excluding tert-OH is 1. The lowest BCUT2D eigenvalue weighted by Gasteiger charge is -2.36. The Bertz CT molecular complexity index is 529. The fourth-order valence-electron chi connectivity index (χ4n) is 2.98. The van der Waals surface area contributed by atoms with Crippen molar-refractivity contribution < 1.29 is 9.90 Å². The maximum absolute atomic E-state index is 12.1. The predicted octanol–water partition coefficient (Wildman–Crippen LogP) is 1.81. The number of thiazole rings is 1. The van der Waals surface area contributed by atoms with Gasteiger partial charge in [-0.25, -0.2) is 0 Å². The second kappa shape index (κ2) is 7.22. The molecule has 0 aliphatic heterocycles. The van der Waals surface area contributed by atoms with E-state index >= 15 is 0 Å². The van der Waals surface area contributed by atoms with E-state index in [1.165, 1.54) is 17.8 Å². The molecule has 0 radical (unpaired) electrons. The van der Waals surface area contributed by atoms with Gasteiger partial charge < -0.3 is 15.0 Å². The topological polar surface area (TPSA) is 71.3 Å². The van der Waals surface area contributed by atoms with Gasteiger partial charge in [0.2, 0.25) is 5.91 Å². The molecule has 1 aliphatic rings. The first kappa shape index (κ1) is 16.2. The normalized spacial score (nSPS) is 17.6. The Morgan fingerprint density at radius 1 is 1.43 bits per heavy atom. The lowest BCUT2D eigenvalue weighted by molar-refractivity contribution is -0.124. The number of carbonyl (C=O) groups excluding carboxylic acids is 1. The van der Waals surface area contributed by atoms with Gasteiger partial charge in [0.05, 0.1) is 12.1 Å². The molecule has 1 fully saturated rings. The van der Waals surface area contributed by atoms with E-state index in [9.17, 15) is 14.7 Å². The molecule has 1 heterocycles. The third-order valence-corrected chi connectivity index (χ3v) is 5.16. The molecule has 1 amide bonds. The lowest BCUT2D eigenvalue weighted by Crippen LogP contribution is -2.52. The van der Waals surface area contributed by atoms with E-state index in [1.54, 1.807) is 4.57 Å². The molecule has 2 rings (SSSR count). The third kappa shape index (κ3) is 4.17. The Labute approximate surface area is 129 Å². The van der Waals surface area contributed by atoms with Crippen molar-refractivity contribution >= 4 is 17.2 Å². The van der Waals surface area contributed by atoms with E-state index in [-0.39, 0.29) is 17.4 Å². The fourth-order valence-corrected chi connectivity index (χ4v) is 3.74.